The second kappa shape index (κ2) is 11.7. The second-order valence-electron chi connectivity index (χ2n) is 8.64. The zero-order chi connectivity index (χ0) is 29.8. The Balaban J connectivity index is 1.85. The number of amidine groups is 1. The fourth-order valence-electron chi connectivity index (χ4n) is 3.51. The Morgan fingerprint density at radius 2 is 1.56 bits per heavy atom. The SMILES string of the molecule is COc1cc(C(=O)O)ccc1Oc1c(F)c(Oc2cccc(N(C)C)c2)nc(Oc2cc(C(=N)N)ccc2O)c1F. The van der Waals surface area contributed by atoms with Crippen molar-refractivity contribution in [3.05, 3.63) is 83.4 Å². The number of anilines is 1. The number of pyridine rings is 1. The maximum Gasteiger partial charge on any atom is 0.335 e. The highest BCUT2D eigenvalue weighted by Crippen LogP contribution is 2.43. The molecule has 0 aliphatic heterocycles. The predicted molar refractivity (Wildman–Crippen MR) is 144 cm³/mol. The van der Waals surface area contributed by atoms with E-state index in [2.05, 4.69) is 4.98 Å². The van der Waals surface area contributed by atoms with Crippen molar-refractivity contribution in [3.8, 4) is 46.3 Å². The van der Waals surface area contributed by atoms with Crippen molar-refractivity contribution in [2.24, 2.45) is 5.73 Å². The average molecular weight is 567 g/mol. The molecule has 0 radical (unpaired) electrons. The van der Waals surface area contributed by atoms with Gasteiger partial charge in [0, 0.05) is 31.4 Å². The normalized spacial score (nSPS) is 10.6. The number of nitrogen functional groups attached to an aromatic ring is 1. The standard InChI is InChI=1S/C28H24F2N4O7/c1-34(2)16-5-4-6-17(13-16)39-26-22(29)24(40-19-10-8-15(28(36)37)12-21(19)38-3)23(30)27(33-26)41-20-11-14(25(31)32)7-9-18(20)35/h4-13,35H,1-3H3,(H3,31,32)(H,36,37). The van der Waals surface area contributed by atoms with Crippen molar-refractivity contribution in [2.45, 2.75) is 0 Å². The number of carbonyl (C=O) groups is 1. The molecular weight excluding hydrogens is 542 g/mol. The summed E-state index contributed by atoms with van der Waals surface area (Å²) < 4.78 is 53.2. The molecule has 5 N–H and O–H groups in total. The van der Waals surface area contributed by atoms with E-state index < -0.39 is 40.9 Å². The Hall–Kier alpha value is -5.59. The molecule has 41 heavy (non-hydrogen) atoms. The molecule has 0 amide bonds. The quantitative estimate of drug-likeness (QED) is 0.143. The number of aromatic hydroxyl groups is 1. The molecule has 212 valence electrons. The van der Waals surface area contributed by atoms with Crippen LogP contribution >= 0.6 is 0 Å². The zero-order valence-corrected chi connectivity index (χ0v) is 21.9. The summed E-state index contributed by atoms with van der Waals surface area (Å²) in [6.45, 7) is 0. The number of aromatic nitrogens is 1. The fourth-order valence-corrected chi connectivity index (χ4v) is 3.51. The molecule has 0 unspecified atom stereocenters. The van der Waals surface area contributed by atoms with Gasteiger partial charge in [0.2, 0.25) is 17.4 Å². The molecule has 0 fully saturated rings. The largest absolute Gasteiger partial charge is 0.504 e. The van der Waals surface area contributed by atoms with Crippen molar-refractivity contribution in [1.29, 1.82) is 5.41 Å². The number of carboxylic acids is 1. The van der Waals surface area contributed by atoms with Gasteiger partial charge in [-0.1, -0.05) is 6.07 Å². The van der Waals surface area contributed by atoms with E-state index >= 15 is 8.78 Å². The Labute approximate surface area is 232 Å². The smallest absolute Gasteiger partial charge is 0.335 e. The van der Waals surface area contributed by atoms with E-state index in [0.717, 1.165) is 24.3 Å². The molecule has 11 nitrogen and oxygen atoms in total. The third-order valence-corrected chi connectivity index (χ3v) is 5.63. The number of methoxy groups -OCH3 is 1. The van der Waals surface area contributed by atoms with E-state index in [1.165, 1.54) is 25.3 Å². The Morgan fingerprint density at radius 3 is 2.20 bits per heavy atom. The van der Waals surface area contributed by atoms with E-state index in [4.69, 9.17) is 30.1 Å². The molecule has 0 saturated carbocycles. The van der Waals surface area contributed by atoms with Crippen LogP contribution in [0.4, 0.5) is 14.5 Å². The second-order valence-corrected chi connectivity index (χ2v) is 8.64. The van der Waals surface area contributed by atoms with Crippen molar-refractivity contribution in [3.63, 3.8) is 0 Å². The lowest BCUT2D eigenvalue weighted by Gasteiger charge is -2.17. The summed E-state index contributed by atoms with van der Waals surface area (Å²) in [5, 5.41) is 27.1. The highest BCUT2D eigenvalue weighted by atomic mass is 19.1. The topological polar surface area (TPSA) is 160 Å². The Kier molecular flexibility index (Phi) is 8.08. The van der Waals surface area contributed by atoms with Crippen LogP contribution in [0.1, 0.15) is 15.9 Å². The lowest BCUT2D eigenvalue weighted by molar-refractivity contribution is 0.0696. The van der Waals surface area contributed by atoms with Gasteiger partial charge in [0.05, 0.1) is 12.7 Å². The summed E-state index contributed by atoms with van der Waals surface area (Å²) in [6, 6.07) is 13.6. The number of nitrogens with one attached hydrogen (secondary N) is 1. The molecule has 1 heterocycles. The van der Waals surface area contributed by atoms with Gasteiger partial charge in [0.15, 0.2) is 23.0 Å². The van der Waals surface area contributed by atoms with E-state index in [0.29, 0.717) is 5.69 Å². The summed E-state index contributed by atoms with van der Waals surface area (Å²) in [6.07, 6.45) is 0. The first-order valence-corrected chi connectivity index (χ1v) is 11.8. The molecule has 0 bridgehead atoms. The highest BCUT2D eigenvalue weighted by Gasteiger charge is 2.27. The third kappa shape index (κ3) is 6.19. The van der Waals surface area contributed by atoms with Gasteiger partial charge in [0.1, 0.15) is 11.6 Å². The number of ether oxygens (including phenoxy) is 4. The van der Waals surface area contributed by atoms with Gasteiger partial charge in [-0.15, -0.1) is 0 Å². The van der Waals surface area contributed by atoms with Crippen molar-refractivity contribution in [1.82, 2.24) is 4.98 Å². The van der Waals surface area contributed by atoms with Gasteiger partial charge in [0.25, 0.3) is 11.8 Å². The Bertz CT molecular complexity index is 1650. The van der Waals surface area contributed by atoms with E-state index in [-0.39, 0.29) is 40.0 Å². The van der Waals surface area contributed by atoms with Crippen LogP contribution in [0.25, 0.3) is 0 Å². The molecular formula is C28H24F2N4O7. The molecule has 13 heteroatoms. The molecule has 0 atom stereocenters. The van der Waals surface area contributed by atoms with E-state index in [9.17, 15) is 15.0 Å². The number of carboxylic acid groups (broad SMARTS) is 1. The summed E-state index contributed by atoms with van der Waals surface area (Å²) in [7, 11) is 4.80. The number of nitrogens with zero attached hydrogens (tertiary/aromatic N) is 2. The fraction of sp³-hybridized carbons (Fsp3) is 0.107. The zero-order valence-electron chi connectivity index (χ0n) is 21.9. The van der Waals surface area contributed by atoms with Gasteiger partial charge >= 0.3 is 5.97 Å². The number of hydrogen-bond acceptors (Lipinski definition) is 9. The summed E-state index contributed by atoms with van der Waals surface area (Å²) >= 11 is 0. The lowest BCUT2D eigenvalue weighted by Crippen LogP contribution is -2.11. The minimum absolute atomic E-state index is 0.129. The number of hydrogen-bond donors (Lipinski definition) is 4. The first-order chi connectivity index (χ1) is 19.5. The van der Waals surface area contributed by atoms with E-state index in [1.54, 1.807) is 37.2 Å². The number of aromatic carboxylic acids is 1. The van der Waals surface area contributed by atoms with Crippen LogP contribution in [0, 0.1) is 17.0 Å². The highest BCUT2D eigenvalue weighted by molar-refractivity contribution is 5.95. The first-order valence-electron chi connectivity index (χ1n) is 11.8. The van der Waals surface area contributed by atoms with Crippen LogP contribution in [0.2, 0.25) is 0 Å². The average Bonchev–Trinajstić information content (AvgIpc) is 2.94. The van der Waals surface area contributed by atoms with Crippen molar-refractivity contribution >= 4 is 17.5 Å². The van der Waals surface area contributed by atoms with Crippen LogP contribution in [-0.2, 0) is 0 Å². The van der Waals surface area contributed by atoms with Crippen LogP contribution in [0.15, 0.2) is 60.7 Å². The van der Waals surface area contributed by atoms with Crippen LogP contribution in [0.5, 0.6) is 46.3 Å². The molecule has 0 aliphatic carbocycles. The summed E-state index contributed by atoms with van der Waals surface area (Å²) in [4.78, 5) is 17.0. The number of benzene rings is 3. The predicted octanol–water partition coefficient (Wildman–Crippen LogP) is 5.50. The molecule has 3 aromatic carbocycles. The van der Waals surface area contributed by atoms with Gasteiger partial charge in [-0.3, -0.25) is 5.41 Å². The number of halogens is 2. The maximum atomic E-state index is 15.7. The van der Waals surface area contributed by atoms with Gasteiger partial charge < -0.3 is 39.8 Å². The first kappa shape index (κ1) is 28.4. The summed E-state index contributed by atoms with van der Waals surface area (Å²) in [5.74, 6) is -7.99. The van der Waals surface area contributed by atoms with Gasteiger partial charge in [-0.05, 0) is 48.5 Å². The monoisotopic (exact) mass is 566 g/mol. The van der Waals surface area contributed by atoms with Crippen molar-refractivity contribution < 1.29 is 42.7 Å². The molecule has 4 rings (SSSR count). The number of rotatable bonds is 10. The minimum atomic E-state index is -1.42. The number of phenolic OH excluding ortho intramolecular Hbond substituents is 1. The molecule has 0 spiro atoms. The third-order valence-electron chi connectivity index (χ3n) is 5.63. The molecule has 0 saturated heterocycles. The van der Waals surface area contributed by atoms with Gasteiger partial charge in [-0.25, -0.2) is 4.79 Å². The van der Waals surface area contributed by atoms with Crippen LogP contribution in [0.3, 0.4) is 0 Å². The van der Waals surface area contributed by atoms with Crippen LogP contribution in [-0.4, -0.2) is 48.2 Å². The molecule has 0 aliphatic rings. The number of phenols is 1. The maximum absolute atomic E-state index is 15.7. The van der Waals surface area contributed by atoms with Gasteiger partial charge in [-0.2, -0.15) is 13.8 Å². The summed E-state index contributed by atoms with van der Waals surface area (Å²) in [5.41, 5.74) is 6.21. The lowest BCUT2D eigenvalue weighted by atomic mass is 10.2. The number of nitrogens with two attached hydrogens (primary N) is 1. The molecule has 1 aromatic heterocycles. The van der Waals surface area contributed by atoms with E-state index in [1.807, 2.05) is 0 Å². The minimum Gasteiger partial charge on any atom is -0.504 e. The van der Waals surface area contributed by atoms with Crippen LogP contribution < -0.4 is 29.6 Å². The molecule has 4 aromatic rings. The van der Waals surface area contributed by atoms with Crippen molar-refractivity contribution in [2.75, 3.05) is 26.1 Å². The Morgan fingerprint density at radius 1 is 0.902 bits per heavy atom.